The molecular formula is C10H18O6. The van der Waals surface area contributed by atoms with Crippen LogP contribution in [0.3, 0.4) is 0 Å². The molecule has 4 N–H and O–H groups in total. The number of aliphatic carboxylic acids is 2. The van der Waals surface area contributed by atoms with Crippen molar-refractivity contribution in [1.82, 2.24) is 0 Å². The molecule has 94 valence electrons. The summed E-state index contributed by atoms with van der Waals surface area (Å²) in [6.07, 6.45) is 1.02. The summed E-state index contributed by atoms with van der Waals surface area (Å²) in [6, 6.07) is 0. The second-order valence-electron chi connectivity index (χ2n) is 3.70. The first kappa shape index (κ1) is 14.9. The third kappa shape index (κ3) is 5.67. The topological polar surface area (TPSA) is 115 Å². The second kappa shape index (κ2) is 8.06. The van der Waals surface area contributed by atoms with Crippen molar-refractivity contribution in [2.45, 2.75) is 25.7 Å². The van der Waals surface area contributed by atoms with E-state index in [-0.39, 0.29) is 13.2 Å². The first-order valence-electron chi connectivity index (χ1n) is 5.19. The molecule has 0 bridgehead atoms. The van der Waals surface area contributed by atoms with Crippen LogP contribution in [0.5, 0.6) is 0 Å². The molecule has 2 atom stereocenters. The number of rotatable bonds is 9. The number of carboxylic acids is 2. The Labute approximate surface area is 93.5 Å². The standard InChI is InChI=1S/C10H18O6/c11-4-2-1-3-7(6-12)8(10(15)16)5-9(13)14/h7-8,11-12H,1-6H2,(H,13,14)(H,15,16). The van der Waals surface area contributed by atoms with Crippen LogP contribution in [0.15, 0.2) is 0 Å². The third-order valence-electron chi connectivity index (χ3n) is 2.50. The van der Waals surface area contributed by atoms with Gasteiger partial charge in [0.2, 0.25) is 0 Å². The number of aliphatic hydroxyl groups is 2. The molecule has 0 saturated carbocycles. The van der Waals surface area contributed by atoms with Crippen LogP contribution < -0.4 is 0 Å². The van der Waals surface area contributed by atoms with E-state index in [2.05, 4.69) is 0 Å². The fourth-order valence-electron chi connectivity index (χ4n) is 1.58. The smallest absolute Gasteiger partial charge is 0.307 e. The fourth-order valence-corrected chi connectivity index (χ4v) is 1.58. The summed E-state index contributed by atoms with van der Waals surface area (Å²) in [6.45, 7) is -0.343. The van der Waals surface area contributed by atoms with Crippen molar-refractivity contribution >= 4 is 11.9 Å². The van der Waals surface area contributed by atoms with Gasteiger partial charge < -0.3 is 20.4 Å². The van der Waals surface area contributed by atoms with E-state index < -0.39 is 30.2 Å². The Kier molecular flexibility index (Phi) is 7.49. The first-order chi connectivity index (χ1) is 7.52. The Bertz CT molecular complexity index is 227. The number of hydrogen-bond acceptors (Lipinski definition) is 4. The Morgan fingerprint density at radius 3 is 2.06 bits per heavy atom. The summed E-state index contributed by atoms with van der Waals surface area (Å²) >= 11 is 0. The molecule has 0 aliphatic heterocycles. The zero-order valence-corrected chi connectivity index (χ0v) is 9.00. The minimum Gasteiger partial charge on any atom is -0.481 e. The van der Waals surface area contributed by atoms with Crippen LogP contribution in [0.1, 0.15) is 25.7 Å². The zero-order chi connectivity index (χ0) is 12.6. The molecule has 0 spiro atoms. The van der Waals surface area contributed by atoms with Gasteiger partial charge in [-0.15, -0.1) is 0 Å². The largest absolute Gasteiger partial charge is 0.481 e. The van der Waals surface area contributed by atoms with Crippen LogP contribution in [-0.2, 0) is 9.59 Å². The van der Waals surface area contributed by atoms with E-state index in [1.807, 2.05) is 0 Å². The highest BCUT2D eigenvalue weighted by atomic mass is 16.4. The third-order valence-corrected chi connectivity index (χ3v) is 2.50. The molecule has 2 unspecified atom stereocenters. The lowest BCUT2D eigenvalue weighted by atomic mass is 9.86. The highest BCUT2D eigenvalue weighted by Gasteiger charge is 2.29. The Balaban J connectivity index is 4.33. The molecule has 6 heteroatoms. The van der Waals surface area contributed by atoms with Crippen molar-refractivity contribution in [3.05, 3.63) is 0 Å². The number of hydrogen-bond donors (Lipinski definition) is 4. The monoisotopic (exact) mass is 234 g/mol. The highest BCUT2D eigenvalue weighted by Crippen LogP contribution is 2.22. The lowest BCUT2D eigenvalue weighted by Crippen LogP contribution is -2.28. The first-order valence-corrected chi connectivity index (χ1v) is 5.19. The van der Waals surface area contributed by atoms with Crippen molar-refractivity contribution < 1.29 is 30.0 Å². The molecular weight excluding hydrogens is 216 g/mol. The Morgan fingerprint density at radius 2 is 1.69 bits per heavy atom. The van der Waals surface area contributed by atoms with Gasteiger partial charge in [-0.1, -0.05) is 6.42 Å². The maximum atomic E-state index is 10.8. The second-order valence-corrected chi connectivity index (χ2v) is 3.70. The average molecular weight is 234 g/mol. The maximum absolute atomic E-state index is 10.8. The van der Waals surface area contributed by atoms with Gasteiger partial charge in [-0.05, 0) is 18.8 Å². The molecule has 0 radical (unpaired) electrons. The van der Waals surface area contributed by atoms with Gasteiger partial charge in [-0.2, -0.15) is 0 Å². The molecule has 0 aliphatic carbocycles. The molecule has 0 saturated heterocycles. The van der Waals surface area contributed by atoms with Crippen molar-refractivity contribution in [1.29, 1.82) is 0 Å². The van der Waals surface area contributed by atoms with Crippen LogP contribution in [-0.4, -0.2) is 45.6 Å². The summed E-state index contributed by atoms with van der Waals surface area (Å²) in [5, 5.41) is 35.0. The summed E-state index contributed by atoms with van der Waals surface area (Å²) in [4.78, 5) is 21.3. The van der Waals surface area contributed by atoms with Crippen LogP contribution in [0.25, 0.3) is 0 Å². The van der Waals surface area contributed by atoms with Gasteiger partial charge in [-0.3, -0.25) is 9.59 Å². The van der Waals surface area contributed by atoms with Gasteiger partial charge in [-0.25, -0.2) is 0 Å². The molecule has 0 rings (SSSR count). The van der Waals surface area contributed by atoms with Crippen molar-refractivity contribution in [2.24, 2.45) is 11.8 Å². The molecule has 0 aromatic heterocycles. The lowest BCUT2D eigenvalue weighted by molar-refractivity contribution is -0.151. The van der Waals surface area contributed by atoms with Gasteiger partial charge in [0.05, 0.1) is 12.3 Å². The van der Waals surface area contributed by atoms with E-state index in [0.29, 0.717) is 19.3 Å². The van der Waals surface area contributed by atoms with E-state index >= 15 is 0 Å². The van der Waals surface area contributed by atoms with Gasteiger partial charge in [0, 0.05) is 13.2 Å². The Hall–Kier alpha value is -1.14. The average Bonchev–Trinajstić information content (AvgIpc) is 2.21. The molecule has 0 aromatic rings. The van der Waals surface area contributed by atoms with E-state index in [1.165, 1.54) is 0 Å². The van der Waals surface area contributed by atoms with Crippen LogP contribution in [0.2, 0.25) is 0 Å². The molecule has 0 aliphatic rings. The van der Waals surface area contributed by atoms with Gasteiger partial charge in [0.25, 0.3) is 0 Å². The predicted molar refractivity (Wildman–Crippen MR) is 54.9 cm³/mol. The number of unbranched alkanes of at least 4 members (excludes halogenated alkanes) is 1. The van der Waals surface area contributed by atoms with Gasteiger partial charge >= 0.3 is 11.9 Å². The quantitative estimate of drug-likeness (QED) is 0.415. The van der Waals surface area contributed by atoms with Crippen LogP contribution >= 0.6 is 0 Å². The molecule has 0 fully saturated rings. The SMILES string of the molecule is O=C(O)CC(C(=O)O)C(CO)CCCCO. The molecule has 6 nitrogen and oxygen atoms in total. The van der Waals surface area contributed by atoms with Crippen LogP contribution in [0, 0.1) is 11.8 Å². The van der Waals surface area contributed by atoms with Gasteiger partial charge in [0.1, 0.15) is 0 Å². The lowest BCUT2D eigenvalue weighted by Gasteiger charge is -2.20. The van der Waals surface area contributed by atoms with Crippen molar-refractivity contribution in [2.75, 3.05) is 13.2 Å². The number of carboxylic acid groups (broad SMARTS) is 2. The summed E-state index contributed by atoms with van der Waals surface area (Å²) in [5.74, 6) is -4.03. The molecule has 16 heavy (non-hydrogen) atoms. The fraction of sp³-hybridized carbons (Fsp3) is 0.800. The molecule has 0 aromatic carbocycles. The van der Waals surface area contributed by atoms with Crippen molar-refractivity contribution in [3.8, 4) is 0 Å². The van der Waals surface area contributed by atoms with E-state index in [4.69, 9.17) is 20.4 Å². The summed E-state index contributed by atoms with van der Waals surface area (Å²) < 4.78 is 0. The van der Waals surface area contributed by atoms with E-state index in [0.717, 1.165) is 0 Å². The summed E-state index contributed by atoms with van der Waals surface area (Å²) in [7, 11) is 0. The number of carbonyl (C=O) groups is 2. The van der Waals surface area contributed by atoms with Crippen molar-refractivity contribution in [3.63, 3.8) is 0 Å². The number of aliphatic hydroxyl groups excluding tert-OH is 2. The summed E-state index contributed by atoms with van der Waals surface area (Å²) in [5.41, 5.74) is 0. The zero-order valence-electron chi connectivity index (χ0n) is 9.00. The Morgan fingerprint density at radius 1 is 1.06 bits per heavy atom. The minimum atomic E-state index is -1.20. The molecule has 0 amide bonds. The predicted octanol–water partition coefficient (Wildman–Crippen LogP) is -0.0670. The van der Waals surface area contributed by atoms with E-state index in [9.17, 15) is 9.59 Å². The van der Waals surface area contributed by atoms with Crippen LogP contribution in [0.4, 0.5) is 0 Å². The van der Waals surface area contributed by atoms with Gasteiger partial charge in [0.15, 0.2) is 0 Å². The highest BCUT2D eigenvalue weighted by molar-refractivity contribution is 5.77. The molecule has 0 heterocycles. The van der Waals surface area contributed by atoms with E-state index in [1.54, 1.807) is 0 Å². The minimum absolute atomic E-state index is 0.00875. The maximum Gasteiger partial charge on any atom is 0.307 e. The normalized spacial score (nSPS) is 14.4.